The number of amides is 2. The third kappa shape index (κ3) is 5.32. The van der Waals surface area contributed by atoms with Gasteiger partial charge in [0.05, 0.1) is 5.69 Å². The lowest BCUT2D eigenvalue weighted by Crippen LogP contribution is -2.46. The number of nitrogens with zero attached hydrogens (tertiary/aromatic N) is 2. The molecule has 25 heavy (non-hydrogen) atoms. The van der Waals surface area contributed by atoms with Gasteiger partial charge in [0, 0.05) is 52.2 Å². The summed E-state index contributed by atoms with van der Waals surface area (Å²) in [6.07, 6.45) is 0.293. The predicted octanol–water partition coefficient (Wildman–Crippen LogP) is 0.245. The van der Waals surface area contributed by atoms with Crippen LogP contribution in [-0.4, -0.2) is 69.1 Å². The summed E-state index contributed by atoms with van der Waals surface area (Å²) in [7, 11) is 0. The normalized spacial score (nSPS) is 17.3. The Bertz CT molecular complexity index is 593. The monoisotopic (exact) mass is 368 g/mol. The average molecular weight is 369 g/mol. The smallest absolute Gasteiger partial charge is 0.265 e. The largest absolute Gasteiger partial charge is 0.482 e. The van der Waals surface area contributed by atoms with Crippen LogP contribution in [0.15, 0.2) is 24.3 Å². The number of rotatable bonds is 6. The second-order valence-corrected chi connectivity index (χ2v) is 5.99. The number of carbonyl (C=O) groups excluding carboxylic acids is 2. The van der Waals surface area contributed by atoms with Crippen LogP contribution < -0.4 is 20.3 Å². The molecule has 7 nitrogen and oxygen atoms in total. The Morgan fingerprint density at radius 2 is 1.96 bits per heavy atom. The topological polar surface area (TPSA) is 73.9 Å². The zero-order chi connectivity index (χ0) is 16.8. The third-order valence-electron chi connectivity index (χ3n) is 4.33. The number of nitrogens with one attached hydrogen (secondary N) is 2. The summed E-state index contributed by atoms with van der Waals surface area (Å²) in [5.74, 6) is 0.556. The van der Waals surface area contributed by atoms with Gasteiger partial charge in [0.2, 0.25) is 5.91 Å². The molecule has 3 rings (SSSR count). The molecule has 2 N–H and O–H groups in total. The van der Waals surface area contributed by atoms with E-state index in [9.17, 15) is 9.59 Å². The number of fused-ring (bicyclic) bond motifs is 1. The van der Waals surface area contributed by atoms with Crippen LogP contribution in [0, 0.1) is 0 Å². The molecule has 0 aromatic heterocycles. The van der Waals surface area contributed by atoms with Crippen molar-refractivity contribution in [2.24, 2.45) is 0 Å². The standard InChI is InChI=1S/C17H24N4O3.ClH/c22-16(19-8-12-20-10-6-18-7-11-20)5-9-21-14-3-1-2-4-15(14)24-13-17(21)23;/h1-4,18H,5-13H2,(H,19,22);1H. The molecule has 0 saturated carbocycles. The molecule has 1 aromatic carbocycles. The van der Waals surface area contributed by atoms with Crippen molar-refractivity contribution in [3.63, 3.8) is 0 Å². The zero-order valence-electron chi connectivity index (χ0n) is 14.2. The highest BCUT2D eigenvalue weighted by atomic mass is 35.5. The molecule has 0 aliphatic carbocycles. The lowest BCUT2D eigenvalue weighted by atomic mass is 10.2. The molecule has 2 aliphatic rings. The van der Waals surface area contributed by atoms with E-state index in [2.05, 4.69) is 15.5 Å². The van der Waals surface area contributed by atoms with E-state index in [0.29, 0.717) is 25.3 Å². The average Bonchev–Trinajstić information content (AvgIpc) is 2.62. The molecule has 2 aliphatic heterocycles. The van der Waals surface area contributed by atoms with E-state index in [4.69, 9.17) is 4.74 Å². The molecule has 1 saturated heterocycles. The van der Waals surface area contributed by atoms with Gasteiger partial charge in [-0.15, -0.1) is 12.4 Å². The molecular formula is C17H25ClN4O3. The summed E-state index contributed by atoms with van der Waals surface area (Å²) in [6.45, 7) is 5.97. The summed E-state index contributed by atoms with van der Waals surface area (Å²) in [6, 6.07) is 7.41. The van der Waals surface area contributed by atoms with Crippen LogP contribution in [0.4, 0.5) is 5.69 Å². The Morgan fingerprint density at radius 1 is 1.20 bits per heavy atom. The fourth-order valence-electron chi connectivity index (χ4n) is 2.99. The Labute approximate surface area is 154 Å². The minimum Gasteiger partial charge on any atom is -0.482 e. The maximum absolute atomic E-state index is 12.0. The van der Waals surface area contributed by atoms with Gasteiger partial charge in [0.15, 0.2) is 6.61 Å². The number of ether oxygens (including phenoxy) is 1. The second-order valence-electron chi connectivity index (χ2n) is 5.99. The van der Waals surface area contributed by atoms with Crippen molar-refractivity contribution < 1.29 is 14.3 Å². The van der Waals surface area contributed by atoms with Crippen molar-refractivity contribution >= 4 is 29.9 Å². The maximum Gasteiger partial charge on any atom is 0.265 e. The van der Waals surface area contributed by atoms with Gasteiger partial charge in [-0.1, -0.05) is 12.1 Å². The predicted molar refractivity (Wildman–Crippen MR) is 98.5 cm³/mol. The van der Waals surface area contributed by atoms with Gasteiger partial charge in [0.1, 0.15) is 5.75 Å². The number of para-hydroxylation sites is 2. The first-order valence-electron chi connectivity index (χ1n) is 8.46. The Hall–Kier alpha value is -1.83. The number of benzene rings is 1. The number of piperazine rings is 1. The summed E-state index contributed by atoms with van der Waals surface area (Å²) < 4.78 is 5.40. The molecule has 0 radical (unpaired) electrons. The number of hydrogen-bond donors (Lipinski definition) is 2. The van der Waals surface area contributed by atoms with Gasteiger partial charge >= 0.3 is 0 Å². The quantitative estimate of drug-likeness (QED) is 0.752. The molecule has 0 bridgehead atoms. The lowest BCUT2D eigenvalue weighted by molar-refractivity contribution is -0.122. The molecule has 0 spiro atoms. The van der Waals surface area contributed by atoms with E-state index >= 15 is 0 Å². The van der Waals surface area contributed by atoms with E-state index in [-0.39, 0.29) is 30.8 Å². The van der Waals surface area contributed by atoms with E-state index < -0.39 is 0 Å². The van der Waals surface area contributed by atoms with Gasteiger partial charge in [0.25, 0.3) is 5.91 Å². The minimum absolute atomic E-state index is 0. The van der Waals surface area contributed by atoms with Gasteiger partial charge < -0.3 is 20.3 Å². The van der Waals surface area contributed by atoms with Gasteiger partial charge in [-0.2, -0.15) is 0 Å². The van der Waals surface area contributed by atoms with Crippen LogP contribution in [-0.2, 0) is 9.59 Å². The summed E-state index contributed by atoms with van der Waals surface area (Å²) in [4.78, 5) is 28.0. The van der Waals surface area contributed by atoms with Crippen molar-refractivity contribution in [3.8, 4) is 5.75 Å². The first-order chi connectivity index (χ1) is 11.7. The number of halogens is 1. The molecule has 8 heteroatoms. The molecule has 138 valence electrons. The first-order valence-corrected chi connectivity index (χ1v) is 8.46. The highest BCUT2D eigenvalue weighted by Crippen LogP contribution is 2.31. The van der Waals surface area contributed by atoms with Crippen molar-refractivity contribution in [2.45, 2.75) is 6.42 Å². The molecule has 1 fully saturated rings. The van der Waals surface area contributed by atoms with Crippen LogP contribution in [0.3, 0.4) is 0 Å². The lowest BCUT2D eigenvalue weighted by Gasteiger charge is -2.29. The van der Waals surface area contributed by atoms with E-state index in [0.717, 1.165) is 38.4 Å². The number of hydrogen-bond acceptors (Lipinski definition) is 5. The fourth-order valence-corrected chi connectivity index (χ4v) is 2.99. The Morgan fingerprint density at radius 3 is 2.76 bits per heavy atom. The molecule has 0 unspecified atom stereocenters. The molecule has 1 aromatic rings. The summed E-state index contributed by atoms with van der Waals surface area (Å²) >= 11 is 0. The number of carbonyl (C=O) groups is 2. The van der Waals surface area contributed by atoms with Crippen LogP contribution in [0.25, 0.3) is 0 Å². The Balaban J connectivity index is 0.00000225. The highest BCUT2D eigenvalue weighted by Gasteiger charge is 2.25. The van der Waals surface area contributed by atoms with Crippen molar-refractivity contribution in [3.05, 3.63) is 24.3 Å². The van der Waals surface area contributed by atoms with E-state index in [1.54, 1.807) is 4.90 Å². The molecule has 2 heterocycles. The Kier molecular flexibility index (Phi) is 7.49. The second kappa shape index (κ2) is 9.60. The van der Waals surface area contributed by atoms with Crippen molar-refractivity contribution in [1.82, 2.24) is 15.5 Å². The van der Waals surface area contributed by atoms with Crippen LogP contribution in [0.5, 0.6) is 5.75 Å². The van der Waals surface area contributed by atoms with Gasteiger partial charge in [-0.3, -0.25) is 14.5 Å². The van der Waals surface area contributed by atoms with Crippen molar-refractivity contribution in [2.75, 3.05) is 57.3 Å². The van der Waals surface area contributed by atoms with Crippen LogP contribution >= 0.6 is 12.4 Å². The molecule has 0 atom stereocenters. The summed E-state index contributed by atoms with van der Waals surface area (Å²) in [5, 5.41) is 6.24. The minimum atomic E-state index is -0.109. The first kappa shape index (κ1) is 19.5. The maximum atomic E-state index is 12.0. The van der Waals surface area contributed by atoms with E-state index in [1.165, 1.54) is 0 Å². The molecular weight excluding hydrogens is 344 g/mol. The van der Waals surface area contributed by atoms with Crippen molar-refractivity contribution in [1.29, 1.82) is 0 Å². The van der Waals surface area contributed by atoms with Gasteiger partial charge in [-0.25, -0.2) is 0 Å². The zero-order valence-corrected chi connectivity index (χ0v) is 15.0. The SMILES string of the molecule is Cl.O=C(CCN1C(=O)COc2ccccc21)NCCN1CCNCC1. The third-order valence-corrected chi connectivity index (χ3v) is 4.33. The van der Waals surface area contributed by atoms with Crippen LogP contribution in [0.1, 0.15) is 6.42 Å². The number of anilines is 1. The fraction of sp³-hybridized carbons (Fsp3) is 0.529. The molecule has 2 amide bonds. The summed E-state index contributed by atoms with van der Waals surface area (Å²) in [5.41, 5.74) is 0.738. The van der Waals surface area contributed by atoms with E-state index in [1.807, 2.05) is 24.3 Å². The highest BCUT2D eigenvalue weighted by molar-refractivity contribution is 5.98. The van der Waals surface area contributed by atoms with Crippen LogP contribution in [0.2, 0.25) is 0 Å². The van der Waals surface area contributed by atoms with Gasteiger partial charge in [-0.05, 0) is 12.1 Å².